The van der Waals surface area contributed by atoms with Gasteiger partial charge >= 0.3 is 0 Å². The summed E-state index contributed by atoms with van der Waals surface area (Å²) in [6, 6.07) is 5.55. The first-order valence-corrected chi connectivity index (χ1v) is 7.88. The summed E-state index contributed by atoms with van der Waals surface area (Å²) in [6.07, 6.45) is 0.413. The van der Waals surface area contributed by atoms with Crippen molar-refractivity contribution in [3.63, 3.8) is 0 Å². The highest BCUT2D eigenvalue weighted by Crippen LogP contribution is 2.33. The molecule has 0 aromatic carbocycles. The summed E-state index contributed by atoms with van der Waals surface area (Å²) in [5.74, 6) is 0.120. The molecule has 2 heterocycles. The predicted molar refractivity (Wildman–Crippen MR) is 77.1 cm³/mol. The van der Waals surface area contributed by atoms with Crippen LogP contribution in [-0.4, -0.2) is 5.78 Å². The average Bonchev–Trinajstić information content (AvgIpc) is 2.75. The van der Waals surface area contributed by atoms with E-state index in [9.17, 15) is 4.79 Å². The van der Waals surface area contributed by atoms with E-state index in [0.29, 0.717) is 6.42 Å². The molecular formula is C10H5Br2ClOS2. The first-order valence-electron chi connectivity index (χ1n) is 4.28. The van der Waals surface area contributed by atoms with Gasteiger partial charge in [0.15, 0.2) is 5.78 Å². The van der Waals surface area contributed by atoms with Gasteiger partial charge in [0.2, 0.25) is 0 Å². The van der Waals surface area contributed by atoms with Gasteiger partial charge in [-0.15, -0.1) is 22.7 Å². The highest BCUT2D eigenvalue weighted by atomic mass is 79.9. The number of hydrogen-bond acceptors (Lipinski definition) is 3. The molecular weight excluding hydrogens is 396 g/mol. The topological polar surface area (TPSA) is 17.1 Å². The van der Waals surface area contributed by atoms with E-state index in [1.165, 1.54) is 22.7 Å². The van der Waals surface area contributed by atoms with Crippen molar-refractivity contribution in [2.75, 3.05) is 0 Å². The predicted octanol–water partition coefficient (Wildman–Crippen LogP) is 5.41. The molecule has 0 bridgehead atoms. The van der Waals surface area contributed by atoms with Gasteiger partial charge in [-0.25, -0.2) is 0 Å². The first kappa shape index (κ1) is 12.8. The molecule has 2 rings (SSSR count). The van der Waals surface area contributed by atoms with Crippen LogP contribution in [0.5, 0.6) is 0 Å². The number of thiophene rings is 2. The van der Waals surface area contributed by atoms with Gasteiger partial charge in [0.05, 0.1) is 13.0 Å². The van der Waals surface area contributed by atoms with E-state index >= 15 is 0 Å². The molecule has 0 saturated carbocycles. The second kappa shape index (κ2) is 5.31. The normalized spacial score (nSPS) is 10.7. The van der Waals surface area contributed by atoms with E-state index in [1.54, 1.807) is 0 Å². The SMILES string of the molecule is O=C(Cc1ccc(Cl)s1)c1cc(Br)c(Br)s1. The third-order valence-electron chi connectivity index (χ3n) is 1.88. The maximum absolute atomic E-state index is 11.9. The Bertz CT molecular complexity index is 513. The van der Waals surface area contributed by atoms with Crippen LogP contribution in [0.2, 0.25) is 4.34 Å². The number of rotatable bonds is 3. The fraction of sp³-hybridized carbons (Fsp3) is 0.100. The smallest absolute Gasteiger partial charge is 0.178 e. The molecule has 0 aliphatic heterocycles. The van der Waals surface area contributed by atoms with Crippen LogP contribution in [-0.2, 0) is 6.42 Å². The molecule has 16 heavy (non-hydrogen) atoms. The van der Waals surface area contributed by atoms with E-state index in [2.05, 4.69) is 31.9 Å². The van der Waals surface area contributed by atoms with E-state index in [4.69, 9.17) is 11.6 Å². The van der Waals surface area contributed by atoms with Crippen LogP contribution in [0.4, 0.5) is 0 Å². The lowest BCUT2D eigenvalue weighted by atomic mass is 10.2. The molecule has 0 unspecified atom stereocenters. The fourth-order valence-electron chi connectivity index (χ4n) is 1.18. The van der Waals surface area contributed by atoms with Crippen molar-refractivity contribution in [3.05, 3.63) is 40.5 Å². The molecule has 0 N–H and O–H groups in total. The lowest BCUT2D eigenvalue weighted by molar-refractivity contribution is 0.0997. The summed E-state index contributed by atoms with van der Waals surface area (Å²) >= 11 is 15.4. The van der Waals surface area contributed by atoms with Gasteiger partial charge in [-0.3, -0.25) is 4.79 Å². The number of Topliss-reactive ketones (excluding diaryl/α,β-unsaturated/α-hetero) is 1. The number of hydrogen-bond donors (Lipinski definition) is 0. The average molecular weight is 401 g/mol. The molecule has 2 aromatic heterocycles. The molecule has 2 aromatic rings. The molecule has 0 aliphatic rings. The van der Waals surface area contributed by atoms with E-state index in [0.717, 1.165) is 22.3 Å². The molecule has 0 amide bonds. The van der Waals surface area contributed by atoms with Crippen LogP contribution in [0.25, 0.3) is 0 Å². The number of carbonyl (C=O) groups is 1. The van der Waals surface area contributed by atoms with Crippen molar-refractivity contribution in [1.29, 1.82) is 0 Å². The van der Waals surface area contributed by atoms with Crippen molar-refractivity contribution in [1.82, 2.24) is 0 Å². The summed E-state index contributed by atoms with van der Waals surface area (Å²) in [5, 5.41) is 0. The van der Waals surface area contributed by atoms with Crippen LogP contribution in [0.3, 0.4) is 0 Å². The third kappa shape index (κ3) is 2.96. The Hall–Kier alpha value is 0.320. The summed E-state index contributed by atoms with van der Waals surface area (Å²) in [5.41, 5.74) is 0. The zero-order chi connectivity index (χ0) is 11.7. The maximum Gasteiger partial charge on any atom is 0.178 e. The Balaban J connectivity index is 2.14. The second-order valence-electron chi connectivity index (χ2n) is 3.04. The molecule has 0 atom stereocenters. The molecule has 0 saturated heterocycles. The largest absolute Gasteiger partial charge is 0.293 e. The van der Waals surface area contributed by atoms with Crippen LogP contribution >= 0.6 is 66.1 Å². The summed E-state index contributed by atoms with van der Waals surface area (Å²) in [4.78, 5) is 13.7. The maximum atomic E-state index is 11.9. The van der Waals surface area contributed by atoms with Gasteiger partial charge < -0.3 is 0 Å². The summed E-state index contributed by atoms with van der Waals surface area (Å²) in [7, 11) is 0. The van der Waals surface area contributed by atoms with E-state index in [-0.39, 0.29) is 5.78 Å². The van der Waals surface area contributed by atoms with E-state index < -0.39 is 0 Å². The molecule has 84 valence electrons. The van der Waals surface area contributed by atoms with Gasteiger partial charge in [0.25, 0.3) is 0 Å². The lowest BCUT2D eigenvalue weighted by Crippen LogP contribution is -1.98. The highest BCUT2D eigenvalue weighted by Gasteiger charge is 2.13. The van der Waals surface area contributed by atoms with Crippen molar-refractivity contribution >= 4 is 71.9 Å². The van der Waals surface area contributed by atoms with Crippen LogP contribution in [0.1, 0.15) is 14.5 Å². The van der Waals surface area contributed by atoms with Crippen molar-refractivity contribution in [3.8, 4) is 0 Å². The first-order chi connectivity index (χ1) is 7.56. The van der Waals surface area contributed by atoms with Crippen LogP contribution < -0.4 is 0 Å². The Kier molecular flexibility index (Phi) is 4.24. The minimum absolute atomic E-state index is 0.120. The molecule has 1 nitrogen and oxygen atoms in total. The van der Waals surface area contributed by atoms with Gasteiger partial charge in [0, 0.05) is 15.8 Å². The quantitative estimate of drug-likeness (QED) is 0.629. The third-order valence-corrected chi connectivity index (χ3v) is 6.41. The Morgan fingerprint density at radius 3 is 2.56 bits per heavy atom. The zero-order valence-corrected chi connectivity index (χ0v) is 13.4. The van der Waals surface area contributed by atoms with Crippen molar-refractivity contribution < 1.29 is 4.79 Å². The molecule has 6 heteroatoms. The monoisotopic (exact) mass is 398 g/mol. The minimum atomic E-state index is 0.120. The Morgan fingerprint density at radius 2 is 2.06 bits per heavy atom. The van der Waals surface area contributed by atoms with Crippen molar-refractivity contribution in [2.45, 2.75) is 6.42 Å². The zero-order valence-electron chi connectivity index (χ0n) is 7.80. The van der Waals surface area contributed by atoms with Gasteiger partial charge in [0.1, 0.15) is 0 Å². The van der Waals surface area contributed by atoms with E-state index in [1.807, 2.05) is 18.2 Å². The molecule has 0 fully saturated rings. The van der Waals surface area contributed by atoms with Crippen LogP contribution in [0.15, 0.2) is 26.5 Å². The van der Waals surface area contributed by atoms with Crippen LogP contribution in [0, 0.1) is 0 Å². The molecule has 0 spiro atoms. The Morgan fingerprint density at radius 1 is 1.31 bits per heavy atom. The number of halogens is 3. The Labute approximate surface area is 123 Å². The fourth-order valence-corrected chi connectivity index (χ4v) is 4.24. The van der Waals surface area contributed by atoms with Crippen molar-refractivity contribution in [2.24, 2.45) is 0 Å². The minimum Gasteiger partial charge on any atom is -0.293 e. The second-order valence-corrected chi connectivity index (χ2v) is 8.06. The van der Waals surface area contributed by atoms with Gasteiger partial charge in [-0.2, -0.15) is 0 Å². The highest BCUT2D eigenvalue weighted by molar-refractivity contribution is 9.13. The molecule has 0 aliphatic carbocycles. The number of ketones is 1. The standard InChI is InChI=1S/C10H5Br2ClOS2/c11-6-4-8(16-10(6)12)7(14)3-5-1-2-9(13)15-5/h1-2,4H,3H2. The number of carbonyl (C=O) groups excluding carboxylic acids is 1. The summed E-state index contributed by atoms with van der Waals surface area (Å²) in [6.45, 7) is 0. The lowest BCUT2D eigenvalue weighted by Gasteiger charge is -1.93. The molecule has 0 radical (unpaired) electrons. The summed E-state index contributed by atoms with van der Waals surface area (Å²) < 4.78 is 2.58. The van der Waals surface area contributed by atoms with Gasteiger partial charge in [-0.1, -0.05) is 11.6 Å². The van der Waals surface area contributed by atoms with Gasteiger partial charge in [-0.05, 0) is 50.1 Å².